The molecule has 0 saturated heterocycles. The van der Waals surface area contributed by atoms with E-state index in [1.54, 1.807) is 6.92 Å². The Kier molecular flexibility index (Phi) is 3.78. The average molecular weight is 313 g/mol. The number of rotatable bonds is 5. The number of sulfonamides is 1. The number of nitrogens with zero attached hydrogens (tertiary/aromatic N) is 2. The summed E-state index contributed by atoms with van der Waals surface area (Å²) in [4.78, 5) is 9.86. The minimum absolute atomic E-state index is 0.0619. The molecular weight excluding hydrogens is 302 g/mol. The number of benzene rings is 1. The van der Waals surface area contributed by atoms with Crippen LogP contribution in [0.3, 0.4) is 0 Å². The van der Waals surface area contributed by atoms with E-state index in [0.717, 1.165) is 18.2 Å². The molecule has 112 valence electrons. The van der Waals surface area contributed by atoms with Gasteiger partial charge in [0.15, 0.2) is 0 Å². The largest absolute Gasteiger partial charge is 0.338 e. The third kappa shape index (κ3) is 3.09. The maximum absolute atomic E-state index is 12.1. The Morgan fingerprint density at radius 1 is 1.38 bits per heavy atom. The number of aryl methyl sites for hydroxylation is 1. The summed E-state index contributed by atoms with van der Waals surface area (Å²) in [6.07, 6.45) is 0. The van der Waals surface area contributed by atoms with E-state index in [9.17, 15) is 18.5 Å². The van der Waals surface area contributed by atoms with E-state index in [2.05, 4.69) is 15.3 Å². The van der Waals surface area contributed by atoms with Crippen molar-refractivity contribution in [2.24, 2.45) is 5.84 Å². The first-order valence-electron chi connectivity index (χ1n) is 5.54. The summed E-state index contributed by atoms with van der Waals surface area (Å²) in [5, 5.41) is 14.3. The van der Waals surface area contributed by atoms with Gasteiger partial charge in [0, 0.05) is 12.1 Å². The Bertz CT molecular complexity index is 785. The van der Waals surface area contributed by atoms with Gasteiger partial charge in [-0.1, -0.05) is 5.16 Å². The van der Waals surface area contributed by atoms with E-state index in [0.29, 0.717) is 5.69 Å². The smallest absolute Gasteiger partial charge is 0.293 e. The fourth-order valence-electron chi connectivity index (χ4n) is 1.56. The van der Waals surface area contributed by atoms with Gasteiger partial charge < -0.3 is 9.95 Å². The van der Waals surface area contributed by atoms with Gasteiger partial charge in [0.2, 0.25) is 5.88 Å². The van der Waals surface area contributed by atoms with Crippen LogP contribution in [-0.2, 0) is 10.0 Å². The SMILES string of the molecule is Cc1cc(NS(=O)(=O)c2ccc([N+](=O)[O-])c(NN)c2)on1. The van der Waals surface area contributed by atoms with Crippen LogP contribution in [0.4, 0.5) is 17.3 Å². The summed E-state index contributed by atoms with van der Waals surface area (Å²) in [5.41, 5.74) is 2.12. The summed E-state index contributed by atoms with van der Waals surface area (Å²) in [6.45, 7) is 1.63. The molecule has 0 atom stereocenters. The molecule has 2 aromatic rings. The van der Waals surface area contributed by atoms with Crippen molar-refractivity contribution in [2.75, 3.05) is 10.1 Å². The van der Waals surface area contributed by atoms with Crippen molar-refractivity contribution in [3.05, 3.63) is 40.1 Å². The number of hydrazine groups is 1. The first-order chi connectivity index (χ1) is 9.83. The molecular formula is C10H11N5O5S. The second-order valence-electron chi connectivity index (χ2n) is 4.02. The van der Waals surface area contributed by atoms with Crippen molar-refractivity contribution in [3.8, 4) is 0 Å². The molecule has 0 unspecified atom stereocenters. The van der Waals surface area contributed by atoms with Gasteiger partial charge in [-0.3, -0.25) is 16.0 Å². The highest BCUT2D eigenvalue weighted by Crippen LogP contribution is 2.27. The molecule has 0 fully saturated rings. The van der Waals surface area contributed by atoms with Gasteiger partial charge in [-0.15, -0.1) is 0 Å². The zero-order valence-electron chi connectivity index (χ0n) is 10.7. The lowest BCUT2D eigenvalue weighted by atomic mass is 10.3. The number of hydrogen-bond acceptors (Lipinski definition) is 8. The molecule has 0 spiro atoms. The number of nitro groups is 1. The van der Waals surface area contributed by atoms with Crippen LogP contribution in [0.25, 0.3) is 0 Å². The Hall–Kier alpha value is -2.66. The van der Waals surface area contributed by atoms with Crippen LogP contribution in [0, 0.1) is 17.0 Å². The van der Waals surface area contributed by atoms with Crippen molar-refractivity contribution in [1.29, 1.82) is 0 Å². The third-order valence-corrected chi connectivity index (χ3v) is 3.84. The zero-order valence-corrected chi connectivity index (χ0v) is 11.5. The molecule has 0 aliphatic heterocycles. The zero-order chi connectivity index (χ0) is 15.6. The number of hydrogen-bond donors (Lipinski definition) is 3. The van der Waals surface area contributed by atoms with Crippen LogP contribution in [0.1, 0.15) is 5.69 Å². The second kappa shape index (κ2) is 5.38. The summed E-state index contributed by atoms with van der Waals surface area (Å²) < 4.78 is 31.2. The van der Waals surface area contributed by atoms with E-state index in [4.69, 9.17) is 10.4 Å². The Morgan fingerprint density at radius 2 is 2.10 bits per heavy atom. The first kappa shape index (κ1) is 14.7. The van der Waals surface area contributed by atoms with Crippen molar-refractivity contribution < 1.29 is 17.9 Å². The van der Waals surface area contributed by atoms with Crippen molar-refractivity contribution in [1.82, 2.24) is 5.16 Å². The van der Waals surface area contributed by atoms with Gasteiger partial charge in [0.1, 0.15) is 5.69 Å². The van der Waals surface area contributed by atoms with Gasteiger partial charge >= 0.3 is 0 Å². The predicted octanol–water partition coefficient (Wildman–Crippen LogP) is 0.978. The highest BCUT2D eigenvalue weighted by atomic mass is 32.2. The number of nitrogens with two attached hydrogens (primary N) is 1. The normalized spacial score (nSPS) is 11.1. The molecule has 21 heavy (non-hydrogen) atoms. The van der Waals surface area contributed by atoms with E-state index >= 15 is 0 Å². The third-order valence-electron chi connectivity index (χ3n) is 2.49. The summed E-state index contributed by atoms with van der Waals surface area (Å²) in [5.74, 6) is 5.10. The monoisotopic (exact) mass is 313 g/mol. The van der Waals surface area contributed by atoms with E-state index in [1.807, 2.05) is 0 Å². The molecule has 0 aliphatic rings. The van der Waals surface area contributed by atoms with Crippen molar-refractivity contribution in [3.63, 3.8) is 0 Å². The molecule has 10 nitrogen and oxygen atoms in total. The Morgan fingerprint density at radius 3 is 2.62 bits per heavy atom. The highest BCUT2D eigenvalue weighted by Gasteiger charge is 2.21. The Labute approximate surface area is 119 Å². The maximum Gasteiger partial charge on any atom is 0.293 e. The number of nitro benzene ring substituents is 1. The summed E-state index contributed by atoms with van der Waals surface area (Å²) in [6, 6.07) is 4.56. The van der Waals surface area contributed by atoms with Crippen molar-refractivity contribution in [2.45, 2.75) is 11.8 Å². The molecule has 2 rings (SSSR count). The van der Waals surface area contributed by atoms with Gasteiger partial charge in [0.05, 0.1) is 15.5 Å². The number of nitrogens with one attached hydrogen (secondary N) is 2. The van der Waals surface area contributed by atoms with Gasteiger partial charge in [-0.05, 0) is 19.1 Å². The van der Waals surface area contributed by atoms with E-state index in [1.165, 1.54) is 6.07 Å². The molecule has 0 radical (unpaired) electrons. The lowest BCUT2D eigenvalue weighted by Gasteiger charge is -2.07. The molecule has 11 heteroatoms. The van der Waals surface area contributed by atoms with Crippen LogP contribution in [0.2, 0.25) is 0 Å². The molecule has 1 aromatic heterocycles. The van der Waals surface area contributed by atoms with Crippen LogP contribution in [-0.4, -0.2) is 18.5 Å². The average Bonchev–Trinajstić information content (AvgIpc) is 2.82. The predicted molar refractivity (Wildman–Crippen MR) is 73.0 cm³/mol. The van der Waals surface area contributed by atoms with Crippen LogP contribution < -0.4 is 16.0 Å². The van der Waals surface area contributed by atoms with Crippen molar-refractivity contribution >= 4 is 27.3 Å². The highest BCUT2D eigenvalue weighted by molar-refractivity contribution is 7.92. The maximum atomic E-state index is 12.1. The summed E-state index contributed by atoms with van der Waals surface area (Å²) in [7, 11) is -3.98. The topological polar surface area (TPSA) is 153 Å². The lowest BCUT2D eigenvalue weighted by molar-refractivity contribution is -0.384. The van der Waals surface area contributed by atoms with Crippen LogP contribution in [0.5, 0.6) is 0 Å². The lowest BCUT2D eigenvalue weighted by Crippen LogP contribution is -2.14. The molecule has 4 N–H and O–H groups in total. The number of anilines is 2. The minimum Gasteiger partial charge on any atom is -0.338 e. The molecule has 1 heterocycles. The van der Waals surface area contributed by atoms with Gasteiger partial charge in [-0.25, -0.2) is 13.1 Å². The summed E-state index contributed by atoms with van der Waals surface area (Å²) >= 11 is 0. The second-order valence-corrected chi connectivity index (χ2v) is 5.70. The van der Waals surface area contributed by atoms with Crippen LogP contribution >= 0.6 is 0 Å². The van der Waals surface area contributed by atoms with Crippen LogP contribution in [0.15, 0.2) is 33.7 Å². The van der Waals surface area contributed by atoms with Gasteiger partial charge in [-0.2, -0.15) is 0 Å². The number of aromatic nitrogens is 1. The van der Waals surface area contributed by atoms with Gasteiger partial charge in [0.25, 0.3) is 15.7 Å². The quantitative estimate of drug-likeness (QED) is 0.419. The molecule has 0 amide bonds. The van der Waals surface area contributed by atoms with E-state index in [-0.39, 0.29) is 22.2 Å². The number of nitrogen functional groups attached to an aromatic ring is 1. The standard InChI is InChI=1S/C10H11N5O5S/c1-6-4-10(20-13-6)14-21(18,19)7-2-3-9(15(16)17)8(5-7)12-11/h2-5,12,14H,11H2,1H3. The molecule has 0 bridgehead atoms. The first-order valence-corrected chi connectivity index (χ1v) is 7.03. The molecule has 1 aromatic carbocycles. The Balaban J connectivity index is 2.38. The molecule has 0 saturated carbocycles. The van der Waals surface area contributed by atoms with E-state index < -0.39 is 14.9 Å². The fourth-order valence-corrected chi connectivity index (χ4v) is 2.56. The fraction of sp³-hybridized carbons (Fsp3) is 0.100. The minimum atomic E-state index is -3.98. The molecule has 0 aliphatic carbocycles.